The summed E-state index contributed by atoms with van der Waals surface area (Å²) in [5.74, 6) is -1.28. The average molecular weight is 563 g/mol. The number of carbonyl (C=O) groups excluding carboxylic acids is 1. The summed E-state index contributed by atoms with van der Waals surface area (Å²) in [6.07, 6.45) is 1.67. The highest BCUT2D eigenvalue weighted by molar-refractivity contribution is 7.13. The standard InChI is InChI=1S/C28H20Cl2N4O3S/c1-34-20(10-11-32-34)14-31-26(35)17-4-2-16(3-5-17)21-8-6-19(12-22(21)28(36)37)27-33-25(15-38-27)18-7-9-23(29)24(30)13-18/h2-13,15H,14H2,1H3,(H,31,35)(H,36,37). The lowest BCUT2D eigenvalue weighted by atomic mass is 9.96. The van der Waals surface area contributed by atoms with Crippen LogP contribution in [0.4, 0.5) is 0 Å². The van der Waals surface area contributed by atoms with E-state index in [4.69, 9.17) is 23.2 Å². The minimum Gasteiger partial charge on any atom is -0.478 e. The lowest BCUT2D eigenvalue weighted by Gasteiger charge is -2.10. The third-order valence-electron chi connectivity index (χ3n) is 6.03. The van der Waals surface area contributed by atoms with E-state index in [0.29, 0.717) is 43.9 Å². The lowest BCUT2D eigenvalue weighted by Crippen LogP contribution is -2.23. The number of carboxylic acid groups (broad SMARTS) is 1. The lowest BCUT2D eigenvalue weighted by molar-refractivity contribution is 0.0697. The largest absolute Gasteiger partial charge is 0.478 e. The van der Waals surface area contributed by atoms with Crippen LogP contribution in [0.3, 0.4) is 0 Å². The van der Waals surface area contributed by atoms with E-state index in [-0.39, 0.29) is 11.5 Å². The summed E-state index contributed by atoms with van der Waals surface area (Å²) >= 11 is 13.6. The molecular formula is C28H20Cl2N4O3S. The first kappa shape index (κ1) is 25.7. The number of aromatic carboxylic acids is 1. The molecule has 1 amide bonds. The fourth-order valence-electron chi connectivity index (χ4n) is 3.95. The van der Waals surface area contributed by atoms with Gasteiger partial charge in [-0.1, -0.05) is 53.5 Å². The molecule has 5 rings (SSSR count). The number of amides is 1. The number of thiazole rings is 1. The summed E-state index contributed by atoms with van der Waals surface area (Å²) in [4.78, 5) is 29.4. The first-order valence-electron chi connectivity index (χ1n) is 11.4. The van der Waals surface area contributed by atoms with E-state index >= 15 is 0 Å². The number of benzene rings is 3. The highest BCUT2D eigenvalue weighted by Gasteiger charge is 2.16. The van der Waals surface area contributed by atoms with Crippen LogP contribution in [-0.4, -0.2) is 31.7 Å². The second-order valence-corrected chi connectivity index (χ2v) is 10.1. The zero-order valence-corrected chi connectivity index (χ0v) is 22.3. The Labute approximate surface area is 232 Å². The van der Waals surface area contributed by atoms with Gasteiger partial charge in [-0.05, 0) is 47.5 Å². The molecule has 0 saturated heterocycles. The smallest absolute Gasteiger partial charge is 0.336 e. The Morgan fingerprint density at radius 1 is 0.947 bits per heavy atom. The van der Waals surface area contributed by atoms with Crippen molar-refractivity contribution < 1.29 is 14.7 Å². The molecule has 0 radical (unpaired) electrons. The van der Waals surface area contributed by atoms with Gasteiger partial charge < -0.3 is 10.4 Å². The van der Waals surface area contributed by atoms with E-state index in [0.717, 1.165) is 17.0 Å². The molecule has 0 unspecified atom stereocenters. The summed E-state index contributed by atoms with van der Waals surface area (Å²) in [6, 6.07) is 19.2. The predicted molar refractivity (Wildman–Crippen MR) is 150 cm³/mol. The second-order valence-electron chi connectivity index (χ2n) is 8.44. The van der Waals surface area contributed by atoms with Crippen molar-refractivity contribution >= 4 is 46.4 Å². The van der Waals surface area contributed by atoms with Crippen molar-refractivity contribution in [2.45, 2.75) is 6.54 Å². The summed E-state index contributed by atoms with van der Waals surface area (Å²) in [6.45, 7) is 0.352. The fraction of sp³-hybridized carbons (Fsp3) is 0.0714. The van der Waals surface area contributed by atoms with Crippen LogP contribution in [0.1, 0.15) is 26.4 Å². The molecule has 0 aliphatic rings. The van der Waals surface area contributed by atoms with Crippen LogP contribution in [0.15, 0.2) is 78.3 Å². The highest BCUT2D eigenvalue weighted by Crippen LogP contribution is 2.34. The number of hydrogen-bond acceptors (Lipinski definition) is 5. The van der Waals surface area contributed by atoms with Gasteiger partial charge in [0, 0.05) is 35.3 Å². The van der Waals surface area contributed by atoms with Crippen molar-refractivity contribution in [3.05, 3.63) is 105 Å². The molecule has 2 aromatic heterocycles. The number of aromatic nitrogens is 3. The Morgan fingerprint density at radius 3 is 2.37 bits per heavy atom. The van der Waals surface area contributed by atoms with Gasteiger partial charge in [0.25, 0.3) is 5.91 Å². The third kappa shape index (κ3) is 5.33. The minimum absolute atomic E-state index is 0.141. The van der Waals surface area contributed by atoms with E-state index in [2.05, 4.69) is 15.4 Å². The molecule has 0 bridgehead atoms. The SMILES string of the molecule is Cn1nccc1CNC(=O)c1ccc(-c2ccc(-c3nc(-c4ccc(Cl)c(Cl)c4)cs3)cc2C(=O)O)cc1. The van der Waals surface area contributed by atoms with E-state index in [1.54, 1.807) is 59.4 Å². The zero-order valence-electron chi connectivity index (χ0n) is 20.0. The molecule has 38 heavy (non-hydrogen) atoms. The van der Waals surface area contributed by atoms with E-state index < -0.39 is 5.97 Å². The molecule has 0 saturated carbocycles. The van der Waals surface area contributed by atoms with Gasteiger partial charge in [0.1, 0.15) is 5.01 Å². The molecule has 10 heteroatoms. The topological polar surface area (TPSA) is 97.1 Å². The van der Waals surface area contributed by atoms with Gasteiger partial charge in [0.05, 0.1) is 33.5 Å². The van der Waals surface area contributed by atoms with Crippen molar-refractivity contribution in [1.82, 2.24) is 20.1 Å². The van der Waals surface area contributed by atoms with Gasteiger partial charge in [0.15, 0.2) is 0 Å². The van der Waals surface area contributed by atoms with Crippen LogP contribution in [-0.2, 0) is 13.6 Å². The Hall–Kier alpha value is -3.98. The second kappa shape index (κ2) is 10.8. The summed E-state index contributed by atoms with van der Waals surface area (Å²) in [5.41, 5.74) is 4.96. The Bertz CT molecular complexity index is 1660. The number of hydrogen-bond donors (Lipinski definition) is 2. The minimum atomic E-state index is -1.05. The van der Waals surface area contributed by atoms with Gasteiger partial charge in [-0.25, -0.2) is 9.78 Å². The Kier molecular flexibility index (Phi) is 7.28. The first-order chi connectivity index (χ1) is 18.3. The molecule has 2 N–H and O–H groups in total. The molecule has 2 heterocycles. The van der Waals surface area contributed by atoms with Crippen LogP contribution >= 0.6 is 34.5 Å². The predicted octanol–water partition coefficient (Wildman–Crippen LogP) is 6.81. The Morgan fingerprint density at radius 2 is 1.68 bits per heavy atom. The maximum atomic E-state index is 12.6. The number of rotatable bonds is 7. The number of carbonyl (C=O) groups is 2. The normalized spacial score (nSPS) is 10.9. The van der Waals surface area contributed by atoms with Gasteiger partial charge >= 0.3 is 5.97 Å². The van der Waals surface area contributed by atoms with Gasteiger partial charge in [-0.15, -0.1) is 11.3 Å². The van der Waals surface area contributed by atoms with E-state index in [1.807, 2.05) is 30.6 Å². The molecule has 0 atom stereocenters. The number of nitrogens with zero attached hydrogens (tertiary/aromatic N) is 3. The van der Waals surface area contributed by atoms with Crippen molar-refractivity contribution in [1.29, 1.82) is 0 Å². The monoisotopic (exact) mass is 562 g/mol. The highest BCUT2D eigenvalue weighted by atomic mass is 35.5. The summed E-state index contributed by atoms with van der Waals surface area (Å²) < 4.78 is 1.69. The average Bonchev–Trinajstić information content (AvgIpc) is 3.58. The van der Waals surface area contributed by atoms with Crippen LogP contribution in [0.5, 0.6) is 0 Å². The van der Waals surface area contributed by atoms with E-state index in [1.165, 1.54) is 11.3 Å². The van der Waals surface area contributed by atoms with Gasteiger partial charge in [-0.2, -0.15) is 5.10 Å². The van der Waals surface area contributed by atoms with Crippen molar-refractivity contribution in [3.8, 4) is 33.0 Å². The van der Waals surface area contributed by atoms with Crippen molar-refractivity contribution in [2.75, 3.05) is 0 Å². The number of halogens is 2. The van der Waals surface area contributed by atoms with Crippen LogP contribution in [0.2, 0.25) is 10.0 Å². The zero-order chi connectivity index (χ0) is 26.8. The maximum Gasteiger partial charge on any atom is 0.336 e. The first-order valence-corrected chi connectivity index (χ1v) is 13.1. The molecule has 0 spiro atoms. The molecular weight excluding hydrogens is 543 g/mol. The number of aryl methyl sites for hydroxylation is 1. The van der Waals surface area contributed by atoms with Crippen LogP contribution < -0.4 is 5.32 Å². The fourth-order valence-corrected chi connectivity index (χ4v) is 5.07. The quantitative estimate of drug-likeness (QED) is 0.227. The molecule has 5 aromatic rings. The van der Waals surface area contributed by atoms with Gasteiger partial charge in [0.2, 0.25) is 0 Å². The molecule has 0 aliphatic carbocycles. The van der Waals surface area contributed by atoms with Gasteiger partial charge in [-0.3, -0.25) is 9.48 Å². The molecule has 3 aromatic carbocycles. The van der Waals surface area contributed by atoms with Crippen molar-refractivity contribution in [3.63, 3.8) is 0 Å². The molecule has 0 fully saturated rings. The summed E-state index contributed by atoms with van der Waals surface area (Å²) in [5, 5.41) is 20.4. The molecule has 190 valence electrons. The summed E-state index contributed by atoms with van der Waals surface area (Å²) in [7, 11) is 1.81. The van der Waals surface area contributed by atoms with Crippen molar-refractivity contribution in [2.24, 2.45) is 7.05 Å². The third-order valence-corrected chi connectivity index (χ3v) is 7.66. The molecule has 0 aliphatic heterocycles. The van der Waals surface area contributed by atoms with Crippen LogP contribution in [0, 0.1) is 0 Å². The Balaban J connectivity index is 1.37. The van der Waals surface area contributed by atoms with E-state index in [9.17, 15) is 14.7 Å². The van der Waals surface area contributed by atoms with Crippen LogP contribution in [0.25, 0.3) is 33.0 Å². The number of nitrogens with one attached hydrogen (secondary N) is 1. The number of carboxylic acids is 1. The molecule has 7 nitrogen and oxygen atoms in total. The maximum absolute atomic E-state index is 12.6.